The molecule has 14 heavy (non-hydrogen) atoms. The maximum Gasteiger partial charge on any atom is 0.183 e. The molecule has 0 aliphatic carbocycles. The van der Waals surface area contributed by atoms with Crippen molar-refractivity contribution < 1.29 is 10.5 Å². The van der Waals surface area contributed by atoms with Gasteiger partial charge in [0.2, 0.25) is 0 Å². The number of hydrogen-bond donors (Lipinski definition) is 2. The van der Waals surface area contributed by atoms with Crippen molar-refractivity contribution in [2.24, 2.45) is 0 Å². The zero-order valence-electron chi connectivity index (χ0n) is 8.58. The molecule has 0 aromatic heterocycles. The van der Waals surface area contributed by atoms with Crippen LogP contribution < -0.4 is 5.41 Å². The lowest BCUT2D eigenvalue weighted by atomic mass is 10.0. The molecular formula is C11H16NOS+. The van der Waals surface area contributed by atoms with Crippen molar-refractivity contribution in [3.8, 4) is 0 Å². The van der Waals surface area contributed by atoms with E-state index in [1.807, 2.05) is 25.3 Å². The smallest absolute Gasteiger partial charge is 0.183 e. The molecule has 0 saturated carbocycles. The summed E-state index contributed by atoms with van der Waals surface area (Å²) in [7, 11) is 0. The molecule has 3 heteroatoms. The van der Waals surface area contributed by atoms with Crippen molar-refractivity contribution in [3.05, 3.63) is 29.3 Å². The summed E-state index contributed by atoms with van der Waals surface area (Å²) in [5.41, 5.74) is 3.03. The maximum absolute atomic E-state index is 8.84. The summed E-state index contributed by atoms with van der Waals surface area (Å²) in [6, 6.07) is 6.12. The van der Waals surface area contributed by atoms with Gasteiger partial charge in [0.15, 0.2) is 5.71 Å². The molecule has 0 unspecified atom stereocenters. The number of aliphatic hydroxyl groups is 1. The third-order valence-corrected chi connectivity index (χ3v) is 2.94. The van der Waals surface area contributed by atoms with Gasteiger partial charge in [0.1, 0.15) is 0 Å². The van der Waals surface area contributed by atoms with Gasteiger partial charge in [0, 0.05) is 4.90 Å². The van der Waals surface area contributed by atoms with Gasteiger partial charge < -0.3 is 5.11 Å². The molecule has 0 aliphatic heterocycles. The van der Waals surface area contributed by atoms with Crippen molar-refractivity contribution in [2.75, 3.05) is 12.9 Å². The molecule has 0 heterocycles. The zero-order valence-corrected chi connectivity index (χ0v) is 9.40. The molecule has 0 aliphatic rings. The third-order valence-electron chi connectivity index (χ3n) is 2.16. The molecule has 1 aromatic rings. The van der Waals surface area contributed by atoms with Crippen molar-refractivity contribution in [3.63, 3.8) is 0 Å². The Morgan fingerprint density at radius 3 is 2.79 bits per heavy atom. The second-order valence-electron chi connectivity index (χ2n) is 3.15. The first-order valence-electron chi connectivity index (χ1n) is 4.56. The van der Waals surface area contributed by atoms with Crippen LogP contribution in [0.5, 0.6) is 0 Å². The minimum absolute atomic E-state index is 0.105. The Kier molecular flexibility index (Phi) is 4.17. The number of nitrogens with two attached hydrogens (primary N) is 1. The van der Waals surface area contributed by atoms with Crippen LogP contribution in [0.2, 0.25) is 0 Å². The number of hydrogen-bond acceptors (Lipinski definition) is 2. The van der Waals surface area contributed by atoms with Crippen LogP contribution in [-0.4, -0.2) is 23.7 Å². The summed E-state index contributed by atoms with van der Waals surface area (Å²) in [5, 5.41) is 14.8. The Morgan fingerprint density at radius 2 is 2.21 bits per heavy atom. The normalized spacial score (nSPS) is 10.2. The van der Waals surface area contributed by atoms with E-state index in [-0.39, 0.29) is 6.61 Å². The van der Waals surface area contributed by atoms with Gasteiger partial charge in [-0.3, -0.25) is 5.41 Å². The standard InChI is InChI=1S/C11H15NOS/c1-8-4-3-5-10(14-2)11(8)9(12)6-7-13/h3-5,12-13H,6-7H2,1-2H3/p+1. The summed E-state index contributed by atoms with van der Waals surface area (Å²) in [6.07, 6.45) is 2.57. The predicted molar refractivity (Wildman–Crippen MR) is 60.7 cm³/mol. The summed E-state index contributed by atoms with van der Waals surface area (Å²) >= 11 is 1.68. The molecule has 0 fully saturated rings. The van der Waals surface area contributed by atoms with Gasteiger partial charge in [0.25, 0.3) is 0 Å². The monoisotopic (exact) mass is 210 g/mol. The van der Waals surface area contributed by atoms with Crippen LogP contribution in [0, 0.1) is 6.92 Å². The highest BCUT2D eigenvalue weighted by atomic mass is 32.2. The fourth-order valence-corrected chi connectivity index (χ4v) is 2.18. The highest BCUT2D eigenvalue weighted by Crippen LogP contribution is 2.23. The first-order valence-corrected chi connectivity index (χ1v) is 5.79. The third kappa shape index (κ3) is 2.36. The van der Waals surface area contributed by atoms with E-state index in [1.54, 1.807) is 11.8 Å². The van der Waals surface area contributed by atoms with Crippen LogP contribution in [0.1, 0.15) is 17.5 Å². The van der Waals surface area contributed by atoms with Gasteiger partial charge >= 0.3 is 0 Å². The molecule has 1 aromatic carbocycles. The van der Waals surface area contributed by atoms with Gasteiger partial charge in [-0.1, -0.05) is 12.1 Å². The molecule has 2 nitrogen and oxygen atoms in total. The van der Waals surface area contributed by atoms with E-state index < -0.39 is 0 Å². The largest absolute Gasteiger partial charge is 0.396 e. The zero-order chi connectivity index (χ0) is 10.6. The Bertz CT molecular complexity index is 336. The molecule has 3 N–H and O–H groups in total. The topological polar surface area (TPSA) is 45.8 Å². The summed E-state index contributed by atoms with van der Waals surface area (Å²) < 4.78 is 0. The van der Waals surface area contributed by atoms with Crippen LogP contribution in [-0.2, 0) is 0 Å². The minimum Gasteiger partial charge on any atom is -0.396 e. The van der Waals surface area contributed by atoms with E-state index in [4.69, 9.17) is 10.5 Å². The molecule has 0 radical (unpaired) electrons. The average Bonchev–Trinajstić information content (AvgIpc) is 2.17. The minimum atomic E-state index is 0.105. The second kappa shape index (κ2) is 5.17. The van der Waals surface area contributed by atoms with Gasteiger partial charge in [-0.2, -0.15) is 0 Å². The molecule has 0 amide bonds. The number of aryl methyl sites for hydroxylation is 1. The number of thioether (sulfide) groups is 1. The van der Waals surface area contributed by atoms with Gasteiger partial charge in [-0.25, -0.2) is 0 Å². The summed E-state index contributed by atoms with van der Waals surface area (Å²) in [4.78, 5) is 1.18. The van der Waals surface area contributed by atoms with Crippen molar-refractivity contribution >= 4 is 17.5 Å². The molecule has 0 bridgehead atoms. The SMILES string of the molecule is CSc1cccc(C)c1C(=[NH2+])CCO. The first-order chi connectivity index (χ1) is 6.70. The number of aliphatic hydroxyl groups excluding tert-OH is 1. The highest BCUT2D eigenvalue weighted by molar-refractivity contribution is 7.98. The Hall–Kier alpha value is -0.800. The van der Waals surface area contributed by atoms with Crippen LogP contribution in [0.15, 0.2) is 23.1 Å². The Labute approximate surface area is 88.9 Å². The van der Waals surface area contributed by atoms with Crippen molar-refractivity contribution in [2.45, 2.75) is 18.2 Å². The van der Waals surface area contributed by atoms with Crippen LogP contribution in [0.25, 0.3) is 0 Å². The van der Waals surface area contributed by atoms with E-state index in [9.17, 15) is 0 Å². The lowest BCUT2D eigenvalue weighted by Crippen LogP contribution is -2.41. The van der Waals surface area contributed by atoms with E-state index in [2.05, 4.69) is 6.07 Å². The molecule has 1 rings (SSSR count). The Morgan fingerprint density at radius 1 is 1.50 bits per heavy atom. The van der Waals surface area contributed by atoms with Gasteiger partial charge in [-0.15, -0.1) is 11.8 Å². The quantitative estimate of drug-likeness (QED) is 0.566. The van der Waals surface area contributed by atoms with E-state index in [0.717, 1.165) is 11.3 Å². The lowest BCUT2D eigenvalue weighted by Gasteiger charge is -2.07. The molecule has 0 spiro atoms. The van der Waals surface area contributed by atoms with Gasteiger partial charge in [0.05, 0.1) is 18.6 Å². The van der Waals surface area contributed by atoms with Gasteiger partial charge in [-0.05, 0) is 24.8 Å². The molecule has 0 atom stereocenters. The number of benzene rings is 1. The second-order valence-corrected chi connectivity index (χ2v) is 4.00. The van der Waals surface area contributed by atoms with Crippen LogP contribution >= 0.6 is 11.8 Å². The Balaban J connectivity index is 3.10. The van der Waals surface area contributed by atoms with Crippen molar-refractivity contribution in [1.29, 1.82) is 0 Å². The highest BCUT2D eigenvalue weighted by Gasteiger charge is 2.13. The lowest BCUT2D eigenvalue weighted by molar-refractivity contribution is -0.116. The summed E-state index contributed by atoms with van der Waals surface area (Å²) in [6.45, 7) is 2.15. The average molecular weight is 210 g/mol. The maximum atomic E-state index is 8.84. The first kappa shape index (κ1) is 11.3. The molecule has 0 saturated heterocycles. The fourth-order valence-electron chi connectivity index (χ4n) is 1.47. The fraction of sp³-hybridized carbons (Fsp3) is 0.364. The predicted octanol–water partition coefficient (Wildman–Crippen LogP) is 0.648. The molecular weight excluding hydrogens is 194 g/mol. The van der Waals surface area contributed by atoms with E-state index >= 15 is 0 Å². The number of rotatable bonds is 4. The van der Waals surface area contributed by atoms with Crippen molar-refractivity contribution in [1.82, 2.24) is 0 Å². The summed E-state index contributed by atoms with van der Waals surface area (Å²) in [5.74, 6) is 0. The van der Waals surface area contributed by atoms with Crippen LogP contribution in [0.3, 0.4) is 0 Å². The molecule has 76 valence electrons. The van der Waals surface area contributed by atoms with E-state index in [0.29, 0.717) is 6.42 Å². The van der Waals surface area contributed by atoms with Crippen LogP contribution in [0.4, 0.5) is 0 Å². The van der Waals surface area contributed by atoms with E-state index in [1.165, 1.54) is 10.5 Å².